The molecule has 1 aromatic carbocycles. The van der Waals surface area contributed by atoms with Crippen LogP contribution < -0.4 is 5.32 Å². The molecule has 1 fully saturated rings. The molecule has 8 heteroatoms. The van der Waals surface area contributed by atoms with Crippen LogP contribution in [-0.4, -0.2) is 44.9 Å². The summed E-state index contributed by atoms with van der Waals surface area (Å²) in [6.45, 7) is 3.69. The first-order valence-corrected chi connectivity index (χ1v) is 10.1. The van der Waals surface area contributed by atoms with Crippen LogP contribution in [0.3, 0.4) is 0 Å². The van der Waals surface area contributed by atoms with Crippen molar-refractivity contribution in [3.63, 3.8) is 0 Å². The third-order valence-electron chi connectivity index (χ3n) is 4.16. The number of nitrogens with zero attached hydrogens (tertiary/aromatic N) is 1. The maximum Gasteiger partial charge on any atom is 0.244 e. The Morgan fingerprint density at radius 1 is 1.15 bits per heavy atom. The third kappa shape index (κ3) is 5.06. The minimum atomic E-state index is -3.50. The third-order valence-corrected chi connectivity index (χ3v) is 6.07. The molecule has 0 spiro atoms. The van der Waals surface area contributed by atoms with Crippen molar-refractivity contribution >= 4 is 22.0 Å². The number of sulfonamides is 1. The SMILES string of the molecule is Cc1ccc(/C=C/C(=O)NCc2ccc(S(=O)(=O)N3CCOCC3)cc2)o1. The van der Waals surface area contributed by atoms with Crippen LogP contribution in [0.25, 0.3) is 6.08 Å². The van der Waals surface area contributed by atoms with Crippen LogP contribution in [0.1, 0.15) is 17.1 Å². The Kier molecular flexibility index (Phi) is 6.10. The van der Waals surface area contributed by atoms with E-state index in [2.05, 4.69) is 5.32 Å². The molecule has 0 atom stereocenters. The summed E-state index contributed by atoms with van der Waals surface area (Å²) in [4.78, 5) is 12.1. The highest BCUT2D eigenvalue weighted by molar-refractivity contribution is 7.89. The smallest absolute Gasteiger partial charge is 0.244 e. The summed E-state index contributed by atoms with van der Waals surface area (Å²) in [6, 6.07) is 10.1. The molecule has 0 saturated carbocycles. The Labute approximate surface area is 158 Å². The van der Waals surface area contributed by atoms with Crippen molar-refractivity contribution in [3.05, 3.63) is 59.6 Å². The molecule has 1 aliphatic heterocycles. The Morgan fingerprint density at radius 3 is 2.48 bits per heavy atom. The van der Waals surface area contributed by atoms with Crippen LogP contribution in [0.5, 0.6) is 0 Å². The molecule has 2 heterocycles. The molecule has 1 aromatic heterocycles. The van der Waals surface area contributed by atoms with E-state index >= 15 is 0 Å². The highest BCUT2D eigenvalue weighted by atomic mass is 32.2. The van der Waals surface area contributed by atoms with Gasteiger partial charge < -0.3 is 14.5 Å². The topological polar surface area (TPSA) is 88.9 Å². The molecule has 27 heavy (non-hydrogen) atoms. The lowest BCUT2D eigenvalue weighted by Gasteiger charge is -2.26. The van der Waals surface area contributed by atoms with E-state index < -0.39 is 10.0 Å². The Morgan fingerprint density at radius 2 is 1.85 bits per heavy atom. The van der Waals surface area contributed by atoms with Gasteiger partial charge in [0.2, 0.25) is 15.9 Å². The van der Waals surface area contributed by atoms with Gasteiger partial charge in [-0.25, -0.2) is 8.42 Å². The number of ether oxygens (including phenoxy) is 1. The number of hydrogen-bond acceptors (Lipinski definition) is 5. The van der Waals surface area contributed by atoms with Crippen molar-refractivity contribution in [2.45, 2.75) is 18.4 Å². The van der Waals surface area contributed by atoms with Crippen LogP contribution in [0.15, 0.2) is 51.8 Å². The summed E-state index contributed by atoms with van der Waals surface area (Å²) >= 11 is 0. The number of aryl methyl sites for hydroxylation is 1. The second-order valence-electron chi connectivity index (χ2n) is 6.16. The Bertz CT molecular complexity index is 910. The zero-order valence-corrected chi connectivity index (χ0v) is 15.9. The molecular formula is C19H22N2O5S. The predicted octanol–water partition coefficient (Wildman–Crippen LogP) is 1.94. The molecule has 2 aromatic rings. The fourth-order valence-corrected chi connectivity index (χ4v) is 4.07. The average molecular weight is 390 g/mol. The molecule has 0 aliphatic carbocycles. The van der Waals surface area contributed by atoms with Crippen molar-refractivity contribution in [1.82, 2.24) is 9.62 Å². The minimum absolute atomic E-state index is 0.243. The molecule has 1 amide bonds. The zero-order chi connectivity index (χ0) is 19.3. The number of benzene rings is 1. The zero-order valence-electron chi connectivity index (χ0n) is 15.1. The van der Waals surface area contributed by atoms with Crippen molar-refractivity contribution < 1.29 is 22.4 Å². The fourth-order valence-electron chi connectivity index (χ4n) is 2.66. The quantitative estimate of drug-likeness (QED) is 0.762. The van der Waals surface area contributed by atoms with E-state index in [0.29, 0.717) is 38.6 Å². The molecular weight excluding hydrogens is 368 g/mol. The van der Waals surface area contributed by atoms with E-state index in [0.717, 1.165) is 11.3 Å². The van der Waals surface area contributed by atoms with E-state index in [1.165, 1.54) is 10.4 Å². The molecule has 7 nitrogen and oxygen atoms in total. The molecule has 1 saturated heterocycles. The van der Waals surface area contributed by atoms with Crippen molar-refractivity contribution in [3.8, 4) is 0 Å². The standard InChI is InChI=1S/C19H22N2O5S/c1-15-2-5-17(26-15)6-9-19(22)20-14-16-3-7-18(8-4-16)27(23,24)21-10-12-25-13-11-21/h2-9H,10-14H2,1H3,(H,20,22)/b9-6+. The van der Waals surface area contributed by atoms with Crippen LogP contribution >= 0.6 is 0 Å². The van der Waals surface area contributed by atoms with E-state index in [9.17, 15) is 13.2 Å². The Hall–Kier alpha value is -2.42. The molecule has 3 rings (SSSR count). The largest absolute Gasteiger partial charge is 0.462 e. The summed E-state index contributed by atoms with van der Waals surface area (Å²) in [5, 5.41) is 2.75. The van der Waals surface area contributed by atoms with E-state index in [1.807, 2.05) is 13.0 Å². The number of carbonyl (C=O) groups is 1. The van der Waals surface area contributed by atoms with Gasteiger partial charge in [-0.15, -0.1) is 0 Å². The number of nitrogens with one attached hydrogen (secondary N) is 1. The number of rotatable bonds is 6. The maximum absolute atomic E-state index is 12.6. The van der Waals surface area contributed by atoms with Gasteiger partial charge in [0.1, 0.15) is 11.5 Å². The molecule has 1 N–H and O–H groups in total. The second kappa shape index (κ2) is 8.51. The van der Waals surface area contributed by atoms with E-state index in [-0.39, 0.29) is 10.8 Å². The predicted molar refractivity (Wildman–Crippen MR) is 100 cm³/mol. The molecule has 1 aliphatic rings. The van der Waals surface area contributed by atoms with Gasteiger partial charge in [0.15, 0.2) is 0 Å². The van der Waals surface area contributed by atoms with E-state index in [4.69, 9.17) is 9.15 Å². The van der Waals surface area contributed by atoms with Crippen molar-refractivity contribution in [2.24, 2.45) is 0 Å². The highest BCUT2D eigenvalue weighted by Crippen LogP contribution is 2.17. The maximum atomic E-state index is 12.6. The fraction of sp³-hybridized carbons (Fsp3) is 0.316. The lowest BCUT2D eigenvalue weighted by molar-refractivity contribution is -0.116. The van der Waals surface area contributed by atoms with Crippen LogP contribution in [0.4, 0.5) is 0 Å². The van der Waals surface area contributed by atoms with Crippen molar-refractivity contribution in [2.75, 3.05) is 26.3 Å². The van der Waals surface area contributed by atoms with Gasteiger partial charge in [-0.1, -0.05) is 12.1 Å². The molecule has 0 unspecified atom stereocenters. The highest BCUT2D eigenvalue weighted by Gasteiger charge is 2.25. The lowest BCUT2D eigenvalue weighted by Crippen LogP contribution is -2.40. The second-order valence-corrected chi connectivity index (χ2v) is 8.10. The number of amides is 1. The summed E-state index contributed by atoms with van der Waals surface area (Å²) < 4.78 is 37.1. The first kappa shape index (κ1) is 19.3. The van der Waals surface area contributed by atoms with E-state index in [1.54, 1.807) is 36.4 Å². The minimum Gasteiger partial charge on any atom is -0.462 e. The van der Waals surface area contributed by atoms with Crippen LogP contribution in [0, 0.1) is 6.92 Å². The van der Waals surface area contributed by atoms with Crippen LogP contribution in [0.2, 0.25) is 0 Å². The van der Waals surface area contributed by atoms with Gasteiger partial charge in [-0.2, -0.15) is 4.31 Å². The summed E-state index contributed by atoms with van der Waals surface area (Å²) in [6.07, 6.45) is 3.00. The number of carbonyl (C=O) groups excluding carboxylic acids is 1. The molecule has 144 valence electrons. The van der Waals surface area contributed by atoms with Gasteiger partial charge in [-0.05, 0) is 42.8 Å². The lowest BCUT2D eigenvalue weighted by atomic mass is 10.2. The summed E-state index contributed by atoms with van der Waals surface area (Å²) in [7, 11) is -3.50. The molecule has 0 bridgehead atoms. The first-order chi connectivity index (χ1) is 12.9. The summed E-state index contributed by atoms with van der Waals surface area (Å²) in [5.41, 5.74) is 0.812. The number of furan rings is 1. The monoisotopic (exact) mass is 390 g/mol. The average Bonchev–Trinajstić information content (AvgIpc) is 3.11. The normalized spacial score (nSPS) is 15.9. The summed E-state index contributed by atoms with van der Waals surface area (Å²) in [5.74, 6) is 1.14. The van der Waals surface area contributed by atoms with Crippen LogP contribution in [-0.2, 0) is 26.1 Å². The first-order valence-electron chi connectivity index (χ1n) is 8.64. The van der Waals surface area contributed by atoms with Crippen molar-refractivity contribution in [1.29, 1.82) is 0 Å². The Balaban J connectivity index is 1.55. The molecule has 0 radical (unpaired) electrons. The number of hydrogen-bond donors (Lipinski definition) is 1. The van der Waals surface area contributed by atoms with Gasteiger partial charge in [0.05, 0.1) is 18.1 Å². The number of morpholine rings is 1. The van der Waals surface area contributed by atoms with Gasteiger partial charge >= 0.3 is 0 Å². The van der Waals surface area contributed by atoms with Gasteiger partial charge in [0, 0.05) is 25.7 Å². The van der Waals surface area contributed by atoms with Gasteiger partial charge in [-0.3, -0.25) is 4.79 Å². The van der Waals surface area contributed by atoms with Gasteiger partial charge in [0.25, 0.3) is 0 Å².